The second kappa shape index (κ2) is 10.5. The van der Waals surface area contributed by atoms with Gasteiger partial charge in [0.15, 0.2) is 0 Å². The van der Waals surface area contributed by atoms with Crippen LogP contribution in [0.25, 0.3) is 0 Å². The van der Waals surface area contributed by atoms with Gasteiger partial charge >= 0.3 is 6.09 Å². The summed E-state index contributed by atoms with van der Waals surface area (Å²) in [6, 6.07) is 8.14. The molecule has 0 spiro atoms. The molecule has 1 N–H and O–H groups in total. The summed E-state index contributed by atoms with van der Waals surface area (Å²) in [7, 11) is 0. The highest BCUT2D eigenvalue weighted by Crippen LogP contribution is 2.26. The summed E-state index contributed by atoms with van der Waals surface area (Å²) in [4.78, 5) is 40.4. The second-order valence-corrected chi connectivity index (χ2v) is 8.14. The first kappa shape index (κ1) is 22.1. The van der Waals surface area contributed by atoms with E-state index in [2.05, 4.69) is 24.4 Å². The molecule has 0 bridgehead atoms. The summed E-state index contributed by atoms with van der Waals surface area (Å²) in [6.07, 6.45) is 4.71. The number of hydrogen-bond acceptors (Lipinski definition) is 4. The van der Waals surface area contributed by atoms with Crippen LogP contribution in [0, 0.1) is 5.92 Å². The molecule has 2 aliphatic heterocycles. The van der Waals surface area contributed by atoms with E-state index in [0.717, 1.165) is 24.9 Å². The van der Waals surface area contributed by atoms with E-state index in [1.54, 1.807) is 16.7 Å². The van der Waals surface area contributed by atoms with Gasteiger partial charge in [-0.05, 0) is 50.3 Å². The number of ether oxygens (including phenoxy) is 1. The van der Waals surface area contributed by atoms with Crippen LogP contribution in [0.2, 0.25) is 0 Å². The number of hydrogen-bond donors (Lipinski definition) is 1. The Hall–Kier alpha value is -2.57. The maximum Gasteiger partial charge on any atom is 0.409 e. The molecule has 0 saturated carbocycles. The van der Waals surface area contributed by atoms with Gasteiger partial charge in [0.05, 0.1) is 12.5 Å². The number of piperidine rings is 1. The zero-order valence-electron chi connectivity index (χ0n) is 18.1. The van der Waals surface area contributed by atoms with Gasteiger partial charge in [0.2, 0.25) is 11.8 Å². The normalized spacial score (nSPS) is 19.8. The van der Waals surface area contributed by atoms with Gasteiger partial charge in [-0.3, -0.25) is 9.59 Å². The zero-order valence-corrected chi connectivity index (χ0v) is 18.1. The van der Waals surface area contributed by atoms with Crippen molar-refractivity contribution in [2.75, 3.05) is 31.1 Å². The predicted molar refractivity (Wildman–Crippen MR) is 115 cm³/mol. The summed E-state index contributed by atoms with van der Waals surface area (Å²) in [6.45, 7) is 5.89. The van der Waals surface area contributed by atoms with E-state index in [1.165, 1.54) is 5.56 Å². The summed E-state index contributed by atoms with van der Waals surface area (Å²) >= 11 is 0. The third-order valence-electron chi connectivity index (χ3n) is 5.93. The van der Waals surface area contributed by atoms with Crippen molar-refractivity contribution in [1.29, 1.82) is 0 Å². The van der Waals surface area contributed by atoms with Crippen molar-refractivity contribution in [1.82, 2.24) is 10.2 Å². The van der Waals surface area contributed by atoms with Crippen LogP contribution < -0.4 is 10.2 Å². The van der Waals surface area contributed by atoms with Gasteiger partial charge in [-0.25, -0.2) is 4.79 Å². The molecule has 2 saturated heterocycles. The van der Waals surface area contributed by atoms with Crippen LogP contribution in [0.3, 0.4) is 0 Å². The third-order valence-corrected chi connectivity index (χ3v) is 5.93. The van der Waals surface area contributed by atoms with E-state index >= 15 is 0 Å². The first-order chi connectivity index (χ1) is 14.5. The van der Waals surface area contributed by atoms with Gasteiger partial charge in [-0.1, -0.05) is 25.5 Å². The Bertz CT molecular complexity index is 741. The molecule has 1 atom stereocenters. The molecular formula is C23H33N3O4. The molecule has 2 heterocycles. The molecule has 2 fully saturated rings. The number of carbonyl (C=O) groups excluding carboxylic acids is 3. The Morgan fingerprint density at radius 1 is 1.13 bits per heavy atom. The minimum absolute atomic E-state index is 0.00594. The minimum Gasteiger partial charge on any atom is -0.450 e. The molecule has 3 amide bonds. The molecule has 7 heteroatoms. The Morgan fingerprint density at radius 3 is 2.47 bits per heavy atom. The van der Waals surface area contributed by atoms with Gasteiger partial charge in [0.1, 0.15) is 0 Å². The van der Waals surface area contributed by atoms with Crippen molar-refractivity contribution >= 4 is 23.6 Å². The van der Waals surface area contributed by atoms with E-state index in [9.17, 15) is 14.4 Å². The number of aryl methyl sites for hydroxylation is 1. The lowest BCUT2D eigenvalue weighted by Crippen LogP contribution is -2.48. The monoisotopic (exact) mass is 415 g/mol. The molecule has 2 aliphatic rings. The van der Waals surface area contributed by atoms with E-state index < -0.39 is 0 Å². The number of benzene rings is 1. The molecule has 7 nitrogen and oxygen atoms in total. The number of amides is 3. The smallest absolute Gasteiger partial charge is 0.409 e. The number of anilines is 1. The summed E-state index contributed by atoms with van der Waals surface area (Å²) in [5.41, 5.74) is 2.13. The van der Waals surface area contributed by atoms with Crippen LogP contribution in [0.4, 0.5) is 10.5 Å². The maximum atomic E-state index is 12.7. The van der Waals surface area contributed by atoms with Crippen molar-refractivity contribution in [3.63, 3.8) is 0 Å². The first-order valence-corrected chi connectivity index (χ1v) is 11.1. The molecule has 164 valence electrons. The largest absolute Gasteiger partial charge is 0.450 e. The topological polar surface area (TPSA) is 79.0 Å². The molecule has 0 aromatic heterocycles. The Morgan fingerprint density at radius 2 is 1.83 bits per heavy atom. The van der Waals surface area contributed by atoms with Gasteiger partial charge in [0, 0.05) is 37.8 Å². The quantitative estimate of drug-likeness (QED) is 0.742. The highest BCUT2D eigenvalue weighted by atomic mass is 16.6. The first-order valence-electron chi connectivity index (χ1n) is 11.1. The highest BCUT2D eigenvalue weighted by Gasteiger charge is 2.36. The van der Waals surface area contributed by atoms with E-state index in [1.807, 2.05) is 12.1 Å². The van der Waals surface area contributed by atoms with Crippen LogP contribution in [0.15, 0.2) is 24.3 Å². The van der Waals surface area contributed by atoms with Crippen LogP contribution in [0.5, 0.6) is 0 Å². The molecule has 0 radical (unpaired) electrons. The third kappa shape index (κ3) is 5.52. The second-order valence-electron chi connectivity index (χ2n) is 8.14. The van der Waals surface area contributed by atoms with Gasteiger partial charge < -0.3 is 19.9 Å². The Balaban J connectivity index is 1.49. The molecule has 30 heavy (non-hydrogen) atoms. The van der Waals surface area contributed by atoms with Gasteiger partial charge in [0.25, 0.3) is 0 Å². The fourth-order valence-electron chi connectivity index (χ4n) is 4.10. The van der Waals surface area contributed by atoms with Gasteiger partial charge in [-0.2, -0.15) is 0 Å². The minimum atomic E-state index is -0.333. The lowest BCUT2D eigenvalue weighted by Gasteiger charge is -2.32. The van der Waals surface area contributed by atoms with Crippen LogP contribution in [0.1, 0.15) is 51.5 Å². The Kier molecular flexibility index (Phi) is 7.71. The van der Waals surface area contributed by atoms with Crippen LogP contribution >= 0.6 is 0 Å². The zero-order chi connectivity index (χ0) is 21.5. The lowest BCUT2D eigenvalue weighted by atomic mass is 10.0. The Labute approximate surface area is 178 Å². The summed E-state index contributed by atoms with van der Waals surface area (Å²) < 4.78 is 5.03. The summed E-state index contributed by atoms with van der Waals surface area (Å²) in [5, 5.41) is 3.08. The lowest BCUT2D eigenvalue weighted by molar-refractivity contribution is -0.127. The number of carbonyl (C=O) groups is 3. The fourth-order valence-corrected chi connectivity index (χ4v) is 4.10. The molecule has 0 aliphatic carbocycles. The molecular weight excluding hydrogens is 382 g/mol. The van der Waals surface area contributed by atoms with Crippen molar-refractivity contribution in [3.8, 4) is 0 Å². The number of rotatable bonds is 7. The number of nitrogens with zero attached hydrogens (tertiary/aromatic N) is 2. The van der Waals surface area contributed by atoms with E-state index in [0.29, 0.717) is 39.1 Å². The van der Waals surface area contributed by atoms with Crippen molar-refractivity contribution in [2.24, 2.45) is 5.92 Å². The summed E-state index contributed by atoms with van der Waals surface area (Å²) in [5.74, 6) is -0.408. The van der Waals surface area contributed by atoms with Crippen molar-refractivity contribution < 1.29 is 19.1 Å². The van der Waals surface area contributed by atoms with Gasteiger partial charge in [-0.15, -0.1) is 0 Å². The average Bonchev–Trinajstić information content (AvgIpc) is 3.15. The molecule has 1 aromatic rings. The molecule has 1 unspecified atom stereocenters. The highest BCUT2D eigenvalue weighted by molar-refractivity contribution is 6.00. The molecule has 3 rings (SSSR count). The maximum absolute atomic E-state index is 12.7. The number of likely N-dealkylation sites (tertiary alicyclic amines) is 1. The molecule has 1 aromatic carbocycles. The van der Waals surface area contributed by atoms with Crippen molar-refractivity contribution in [3.05, 3.63) is 29.8 Å². The van der Waals surface area contributed by atoms with E-state index in [-0.39, 0.29) is 36.3 Å². The van der Waals surface area contributed by atoms with Crippen LogP contribution in [-0.4, -0.2) is 55.1 Å². The average molecular weight is 416 g/mol. The SMILES string of the molecule is CCCCc1ccc(N2CC(C(=O)NC3CCN(C(=O)OCC)CC3)CC2=O)cc1. The van der Waals surface area contributed by atoms with Crippen LogP contribution in [-0.2, 0) is 20.7 Å². The standard InChI is InChI=1S/C23H33N3O4/c1-3-5-6-17-7-9-20(10-8-17)26-16-18(15-21(26)27)22(28)24-19-11-13-25(14-12-19)23(29)30-4-2/h7-10,18-19H,3-6,11-16H2,1-2H3,(H,24,28). The number of unbranched alkanes of at least 4 members (excludes halogenated alkanes) is 1. The van der Waals surface area contributed by atoms with E-state index in [4.69, 9.17) is 4.74 Å². The van der Waals surface area contributed by atoms with Crippen molar-refractivity contribution in [2.45, 2.75) is 58.4 Å². The predicted octanol–water partition coefficient (Wildman–Crippen LogP) is 3.12. The fraction of sp³-hybridized carbons (Fsp3) is 0.609. The number of nitrogens with one attached hydrogen (secondary N) is 1.